The molecule has 0 saturated heterocycles. The van der Waals surface area contributed by atoms with Crippen LogP contribution in [0.2, 0.25) is 0 Å². The molecule has 0 aromatic rings. The summed E-state index contributed by atoms with van der Waals surface area (Å²) in [6.07, 6.45) is 1.74. The summed E-state index contributed by atoms with van der Waals surface area (Å²) in [6, 6.07) is 0. The van der Waals surface area contributed by atoms with Crippen LogP contribution in [0.4, 0.5) is 0 Å². The van der Waals surface area contributed by atoms with Gasteiger partial charge in [-0.05, 0) is 0 Å². The molecule has 1 aliphatic heterocycles. The van der Waals surface area contributed by atoms with E-state index in [0.717, 1.165) is 13.1 Å². The predicted octanol–water partition coefficient (Wildman–Crippen LogP) is -3.38. The fourth-order valence-electron chi connectivity index (χ4n) is 0.323. The Kier molecular flexibility index (Phi) is 3.94. The Morgan fingerprint density at radius 1 is 1.67 bits per heavy atom. The Balaban J connectivity index is 0.000000250. The molecule has 0 spiro atoms. The zero-order valence-electron chi connectivity index (χ0n) is 3.94. The monoisotopic (exact) mass is 93.0 g/mol. The SMILES string of the molecule is C1=NCCN1.[Na+]. The molecule has 1 N–H and O–H groups in total. The van der Waals surface area contributed by atoms with Crippen molar-refractivity contribution in [1.29, 1.82) is 0 Å². The van der Waals surface area contributed by atoms with Crippen molar-refractivity contribution in [1.82, 2.24) is 5.32 Å². The largest absolute Gasteiger partial charge is 1.00 e. The first-order chi connectivity index (χ1) is 2.50. The van der Waals surface area contributed by atoms with Crippen LogP contribution in [-0.4, -0.2) is 19.4 Å². The van der Waals surface area contributed by atoms with Crippen molar-refractivity contribution in [2.75, 3.05) is 13.1 Å². The van der Waals surface area contributed by atoms with E-state index < -0.39 is 0 Å². The van der Waals surface area contributed by atoms with Crippen LogP contribution < -0.4 is 34.9 Å². The molecule has 0 atom stereocenters. The summed E-state index contributed by atoms with van der Waals surface area (Å²) < 4.78 is 0. The van der Waals surface area contributed by atoms with Gasteiger partial charge in [0.2, 0.25) is 0 Å². The average molecular weight is 93.1 g/mol. The van der Waals surface area contributed by atoms with Crippen molar-refractivity contribution >= 4 is 6.34 Å². The van der Waals surface area contributed by atoms with Crippen LogP contribution in [0.1, 0.15) is 0 Å². The molecular formula is C3H6N2Na+. The van der Waals surface area contributed by atoms with Crippen LogP contribution >= 0.6 is 0 Å². The third kappa shape index (κ3) is 1.80. The second-order valence-corrected chi connectivity index (χ2v) is 0.989. The minimum Gasteiger partial charge on any atom is -0.375 e. The van der Waals surface area contributed by atoms with Gasteiger partial charge in [-0.1, -0.05) is 0 Å². The van der Waals surface area contributed by atoms with Crippen molar-refractivity contribution in [3.05, 3.63) is 0 Å². The van der Waals surface area contributed by atoms with Crippen LogP contribution in [0.5, 0.6) is 0 Å². The third-order valence-electron chi connectivity index (χ3n) is 0.568. The molecule has 0 bridgehead atoms. The topological polar surface area (TPSA) is 24.4 Å². The fourth-order valence-corrected chi connectivity index (χ4v) is 0.323. The first kappa shape index (κ1) is 6.47. The molecule has 3 heteroatoms. The summed E-state index contributed by atoms with van der Waals surface area (Å²) in [6.45, 7) is 1.99. The molecule has 0 amide bonds. The third-order valence-corrected chi connectivity index (χ3v) is 0.568. The Morgan fingerprint density at radius 2 is 2.50 bits per heavy atom. The molecule has 0 unspecified atom stereocenters. The van der Waals surface area contributed by atoms with E-state index in [0.29, 0.717) is 0 Å². The van der Waals surface area contributed by atoms with Gasteiger partial charge in [0.05, 0.1) is 12.9 Å². The van der Waals surface area contributed by atoms with Gasteiger partial charge in [0.25, 0.3) is 0 Å². The molecular weight excluding hydrogens is 87.0 g/mol. The maximum Gasteiger partial charge on any atom is 1.00 e. The van der Waals surface area contributed by atoms with Crippen molar-refractivity contribution in [3.63, 3.8) is 0 Å². The molecule has 1 aliphatic rings. The number of hydrogen-bond donors (Lipinski definition) is 1. The number of hydrogen-bond acceptors (Lipinski definition) is 2. The second kappa shape index (κ2) is 3.65. The minimum absolute atomic E-state index is 0. The zero-order valence-corrected chi connectivity index (χ0v) is 5.94. The van der Waals surface area contributed by atoms with E-state index in [1.54, 1.807) is 6.34 Å². The van der Waals surface area contributed by atoms with Crippen molar-refractivity contribution in [2.24, 2.45) is 4.99 Å². The van der Waals surface area contributed by atoms with Crippen LogP contribution in [0.25, 0.3) is 0 Å². The summed E-state index contributed by atoms with van der Waals surface area (Å²) >= 11 is 0. The smallest absolute Gasteiger partial charge is 0.375 e. The number of nitrogens with one attached hydrogen (secondary N) is 1. The average Bonchev–Trinajstić information content (AvgIpc) is 1.76. The molecule has 2 nitrogen and oxygen atoms in total. The Hall–Kier alpha value is 0.470. The van der Waals surface area contributed by atoms with E-state index in [1.165, 1.54) is 0 Å². The molecule has 28 valence electrons. The zero-order chi connectivity index (χ0) is 3.54. The molecule has 0 saturated carbocycles. The molecule has 1 rings (SSSR count). The van der Waals surface area contributed by atoms with Gasteiger partial charge in [-0.2, -0.15) is 0 Å². The van der Waals surface area contributed by atoms with Crippen molar-refractivity contribution < 1.29 is 29.6 Å². The Morgan fingerprint density at radius 3 is 2.67 bits per heavy atom. The van der Waals surface area contributed by atoms with Crippen LogP contribution in [0.15, 0.2) is 4.99 Å². The summed E-state index contributed by atoms with van der Waals surface area (Å²) in [5, 5.41) is 2.93. The van der Waals surface area contributed by atoms with E-state index in [4.69, 9.17) is 0 Å². The molecule has 0 aliphatic carbocycles. The van der Waals surface area contributed by atoms with Crippen LogP contribution in [-0.2, 0) is 0 Å². The standard InChI is InChI=1S/C3H6N2.Na/c1-2-5-3-4-1;/h3H,1-2H2,(H,4,5);/q;+1. The molecule has 6 heavy (non-hydrogen) atoms. The summed E-state index contributed by atoms with van der Waals surface area (Å²) in [4.78, 5) is 3.85. The Labute approximate surface area is 59.3 Å². The van der Waals surface area contributed by atoms with Gasteiger partial charge >= 0.3 is 29.6 Å². The maximum absolute atomic E-state index is 3.85. The van der Waals surface area contributed by atoms with E-state index >= 15 is 0 Å². The van der Waals surface area contributed by atoms with Gasteiger partial charge in [0.1, 0.15) is 0 Å². The summed E-state index contributed by atoms with van der Waals surface area (Å²) in [5.41, 5.74) is 0. The quantitative estimate of drug-likeness (QED) is 0.310. The van der Waals surface area contributed by atoms with E-state index in [-0.39, 0.29) is 29.6 Å². The van der Waals surface area contributed by atoms with Crippen molar-refractivity contribution in [3.8, 4) is 0 Å². The minimum atomic E-state index is 0. The van der Waals surface area contributed by atoms with E-state index in [2.05, 4.69) is 10.3 Å². The summed E-state index contributed by atoms with van der Waals surface area (Å²) in [7, 11) is 0. The van der Waals surface area contributed by atoms with Crippen LogP contribution in [0.3, 0.4) is 0 Å². The molecule has 1 heterocycles. The fraction of sp³-hybridized carbons (Fsp3) is 0.667. The predicted molar refractivity (Wildman–Crippen MR) is 21.4 cm³/mol. The molecule has 0 aromatic carbocycles. The first-order valence-electron chi connectivity index (χ1n) is 1.72. The molecule has 0 radical (unpaired) electrons. The van der Waals surface area contributed by atoms with Crippen molar-refractivity contribution in [2.45, 2.75) is 0 Å². The van der Waals surface area contributed by atoms with Gasteiger partial charge in [0, 0.05) is 6.54 Å². The molecule has 0 fully saturated rings. The second-order valence-electron chi connectivity index (χ2n) is 0.989. The van der Waals surface area contributed by atoms with Gasteiger partial charge < -0.3 is 5.32 Å². The van der Waals surface area contributed by atoms with Gasteiger partial charge in [-0.3, -0.25) is 4.99 Å². The van der Waals surface area contributed by atoms with Gasteiger partial charge in [0.15, 0.2) is 0 Å². The van der Waals surface area contributed by atoms with E-state index in [1.807, 2.05) is 0 Å². The Bertz CT molecular complexity index is 46.8. The summed E-state index contributed by atoms with van der Waals surface area (Å²) in [5.74, 6) is 0. The van der Waals surface area contributed by atoms with Crippen LogP contribution in [0, 0.1) is 0 Å². The van der Waals surface area contributed by atoms with E-state index in [9.17, 15) is 0 Å². The van der Waals surface area contributed by atoms with Gasteiger partial charge in [-0.15, -0.1) is 0 Å². The normalized spacial score (nSPS) is 16.0. The number of aliphatic imine (C=N–C) groups is 1. The number of rotatable bonds is 0. The van der Waals surface area contributed by atoms with Gasteiger partial charge in [-0.25, -0.2) is 0 Å². The first-order valence-corrected chi connectivity index (χ1v) is 1.72. The number of nitrogens with zero attached hydrogens (tertiary/aromatic N) is 1. The maximum atomic E-state index is 3.85. The molecule has 0 aromatic heterocycles.